The van der Waals surface area contributed by atoms with Crippen molar-refractivity contribution in [3.63, 3.8) is 0 Å². The lowest BCUT2D eigenvalue weighted by Crippen LogP contribution is -2.38. The zero-order valence-electron chi connectivity index (χ0n) is 13.2. The molecule has 0 aliphatic heterocycles. The van der Waals surface area contributed by atoms with E-state index in [1.54, 1.807) is 7.11 Å². The van der Waals surface area contributed by atoms with Gasteiger partial charge in [0, 0.05) is 12.1 Å². The minimum atomic E-state index is 0.590. The molecule has 1 aliphatic rings. The van der Waals surface area contributed by atoms with Crippen molar-refractivity contribution >= 4 is 0 Å². The molecule has 2 atom stereocenters. The molecule has 112 valence electrons. The molecule has 0 amide bonds. The quantitative estimate of drug-likeness (QED) is 0.806. The predicted molar refractivity (Wildman–Crippen MR) is 85.3 cm³/mol. The third kappa shape index (κ3) is 4.52. The van der Waals surface area contributed by atoms with Crippen LogP contribution in [0, 0.1) is 5.92 Å². The molecule has 2 heteroatoms. The first kappa shape index (κ1) is 15.4. The molecule has 2 unspecified atom stereocenters. The van der Waals surface area contributed by atoms with Gasteiger partial charge in [-0.3, -0.25) is 0 Å². The Kier molecular flexibility index (Phi) is 5.90. The van der Waals surface area contributed by atoms with Gasteiger partial charge in [0.25, 0.3) is 0 Å². The molecule has 20 heavy (non-hydrogen) atoms. The van der Waals surface area contributed by atoms with Crippen LogP contribution >= 0.6 is 0 Å². The molecule has 0 bridgehead atoms. The largest absolute Gasteiger partial charge is 0.497 e. The first-order valence-electron chi connectivity index (χ1n) is 8.08. The number of aryl methyl sites for hydroxylation is 1. The standard InChI is InChI=1S/C18H29NO/c1-14(19-15(2)17-6-4-5-7-17)8-9-16-10-12-18(20-3)13-11-16/h10-15,17,19H,4-9H2,1-3H3. The van der Waals surface area contributed by atoms with Crippen molar-refractivity contribution in [3.05, 3.63) is 29.8 Å². The van der Waals surface area contributed by atoms with Crippen LogP contribution in [-0.4, -0.2) is 19.2 Å². The van der Waals surface area contributed by atoms with E-state index >= 15 is 0 Å². The van der Waals surface area contributed by atoms with Gasteiger partial charge >= 0.3 is 0 Å². The molecule has 1 aromatic rings. The Morgan fingerprint density at radius 1 is 1.15 bits per heavy atom. The van der Waals surface area contributed by atoms with Gasteiger partial charge in [-0.2, -0.15) is 0 Å². The number of methoxy groups -OCH3 is 1. The third-order valence-corrected chi connectivity index (χ3v) is 4.68. The highest BCUT2D eigenvalue weighted by atomic mass is 16.5. The number of rotatable bonds is 7. The lowest BCUT2D eigenvalue weighted by Gasteiger charge is -2.25. The minimum Gasteiger partial charge on any atom is -0.497 e. The maximum absolute atomic E-state index is 5.19. The Labute approximate surface area is 123 Å². The van der Waals surface area contributed by atoms with E-state index in [2.05, 4.69) is 43.4 Å². The van der Waals surface area contributed by atoms with E-state index in [1.807, 2.05) is 0 Å². The van der Waals surface area contributed by atoms with Crippen LogP contribution in [0.1, 0.15) is 51.5 Å². The second-order valence-electron chi connectivity index (χ2n) is 6.29. The summed E-state index contributed by atoms with van der Waals surface area (Å²) < 4.78 is 5.19. The smallest absolute Gasteiger partial charge is 0.118 e. The van der Waals surface area contributed by atoms with Crippen LogP contribution in [0.4, 0.5) is 0 Å². The van der Waals surface area contributed by atoms with Gasteiger partial charge in [0.1, 0.15) is 5.75 Å². The van der Waals surface area contributed by atoms with E-state index in [4.69, 9.17) is 4.74 Å². The fourth-order valence-electron chi connectivity index (χ4n) is 3.30. The first-order valence-corrected chi connectivity index (χ1v) is 8.08. The highest BCUT2D eigenvalue weighted by Gasteiger charge is 2.22. The molecular weight excluding hydrogens is 246 g/mol. The molecule has 0 radical (unpaired) electrons. The molecular formula is C18H29NO. The summed E-state index contributed by atoms with van der Waals surface area (Å²) >= 11 is 0. The van der Waals surface area contributed by atoms with Gasteiger partial charge in [0.2, 0.25) is 0 Å². The summed E-state index contributed by atoms with van der Waals surface area (Å²) in [5.41, 5.74) is 1.40. The van der Waals surface area contributed by atoms with Crippen molar-refractivity contribution in [3.8, 4) is 5.75 Å². The molecule has 0 saturated heterocycles. The average molecular weight is 275 g/mol. The van der Waals surface area contributed by atoms with E-state index in [1.165, 1.54) is 37.7 Å². The SMILES string of the molecule is COc1ccc(CCC(C)NC(C)C2CCCC2)cc1. The van der Waals surface area contributed by atoms with Crippen LogP contribution in [0.25, 0.3) is 0 Å². The maximum atomic E-state index is 5.19. The summed E-state index contributed by atoms with van der Waals surface area (Å²) in [7, 11) is 1.71. The number of nitrogens with one attached hydrogen (secondary N) is 1. The Hall–Kier alpha value is -1.02. The van der Waals surface area contributed by atoms with E-state index in [-0.39, 0.29) is 0 Å². The number of hydrogen-bond donors (Lipinski definition) is 1. The molecule has 1 fully saturated rings. The zero-order chi connectivity index (χ0) is 14.4. The molecule has 0 heterocycles. The monoisotopic (exact) mass is 275 g/mol. The highest BCUT2D eigenvalue weighted by molar-refractivity contribution is 5.27. The lowest BCUT2D eigenvalue weighted by molar-refractivity contribution is 0.341. The number of ether oxygens (including phenoxy) is 1. The van der Waals surface area contributed by atoms with Gasteiger partial charge in [-0.05, 0) is 63.1 Å². The molecule has 0 aromatic heterocycles. The van der Waals surface area contributed by atoms with E-state index in [9.17, 15) is 0 Å². The van der Waals surface area contributed by atoms with Gasteiger partial charge in [0.15, 0.2) is 0 Å². The summed E-state index contributed by atoms with van der Waals surface area (Å²) in [5, 5.41) is 3.79. The van der Waals surface area contributed by atoms with Crippen molar-refractivity contribution in [1.29, 1.82) is 0 Å². The zero-order valence-corrected chi connectivity index (χ0v) is 13.2. The van der Waals surface area contributed by atoms with E-state index < -0.39 is 0 Å². The van der Waals surface area contributed by atoms with Crippen molar-refractivity contribution in [2.75, 3.05) is 7.11 Å². The Morgan fingerprint density at radius 3 is 2.40 bits per heavy atom. The van der Waals surface area contributed by atoms with Crippen molar-refractivity contribution in [2.24, 2.45) is 5.92 Å². The minimum absolute atomic E-state index is 0.590. The van der Waals surface area contributed by atoms with Crippen molar-refractivity contribution in [2.45, 2.75) is 64.5 Å². The summed E-state index contributed by atoms with van der Waals surface area (Å²) in [6.45, 7) is 4.68. The summed E-state index contributed by atoms with van der Waals surface area (Å²) in [4.78, 5) is 0. The Balaban J connectivity index is 1.72. The topological polar surface area (TPSA) is 21.3 Å². The van der Waals surface area contributed by atoms with Gasteiger partial charge in [0.05, 0.1) is 7.11 Å². The summed E-state index contributed by atoms with van der Waals surface area (Å²) in [6.07, 6.45) is 8.02. The predicted octanol–water partition coefficient (Wildman–Crippen LogP) is 4.18. The Morgan fingerprint density at radius 2 is 1.80 bits per heavy atom. The average Bonchev–Trinajstić information content (AvgIpc) is 3.00. The van der Waals surface area contributed by atoms with Gasteiger partial charge in [-0.25, -0.2) is 0 Å². The van der Waals surface area contributed by atoms with Crippen LogP contribution in [0.2, 0.25) is 0 Å². The van der Waals surface area contributed by atoms with Gasteiger partial charge < -0.3 is 10.1 Å². The van der Waals surface area contributed by atoms with E-state index in [0.717, 1.165) is 18.1 Å². The van der Waals surface area contributed by atoms with Crippen LogP contribution in [0.3, 0.4) is 0 Å². The van der Waals surface area contributed by atoms with E-state index in [0.29, 0.717) is 12.1 Å². The molecule has 1 aliphatic carbocycles. The molecule has 0 spiro atoms. The molecule has 1 aromatic carbocycles. The van der Waals surface area contributed by atoms with Gasteiger partial charge in [-0.15, -0.1) is 0 Å². The normalized spacial score (nSPS) is 18.9. The summed E-state index contributed by atoms with van der Waals surface area (Å²) in [5.74, 6) is 1.84. The Bertz CT molecular complexity index is 381. The van der Waals surface area contributed by atoms with Crippen LogP contribution in [0.5, 0.6) is 5.75 Å². The van der Waals surface area contributed by atoms with Crippen LogP contribution in [-0.2, 0) is 6.42 Å². The maximum Gasteiger partial charge on any atom is 0.118 e. The summed E-state index contributed by atoms with van der Waals surface area (Å²) in [6, 6.07) is 9.71. The fraction of sp³-hybridized carbons (Fsp3) is 0.667. The van der Waals surface area contributed by atoms with Crippen molar-refractivity contribution in [1.82, 2.24) is 5.32 Å². The molecule has 2 rings (SSSR count). The fourth-order valence-corrected chi connectivity index (χ4v) is 3.30. The van der Waals surface area contributed by atoms with Crippen molar-refractivity contribution < 1.29 is 4.74 Å². The first-order chi connectivity index (χ1) is 9.69. The molecule has 1 saturated carbocycles. The highest BCUT2D eigenvalue weighted by Crippen LogP contribution is 2.27. The second-order valence-corrected chi connectivity index (χ2v) is 6.29. The second kappa shape index (κ2) is 7.68. The molecule has 1 N–H and O–H groups in total. The van der Waals surface area contributed by atoms with Crippen LogP contribution in [0.15, 0.2) is 24.3 Å². The number of hydrogen-bond acceptors (Lipinski definition) is 2. The lowest BCUT2D eigenvalue weighted by atomic mass is 9.98. The van der Waals surface area contributed by atoms with Gasteiger partial charge in [-0.1, -0.05) is 25.0 Å². The number of benzene rings is 1. The third-order valence-electron chi connectivity index (χ3n) is 4.68. The van der Waals surface area contributed by atoms with Crippen LogP contribution < -0.4 is 10.1 Å². The molecule has 2 nitrogen and oxygen atoms in total.